The van der Waals surface area contributed by atoms with Crippen molar-refractivity contribution in [3.63, 3.8) is 0 Å². The van der Waals surface area contributed by atoms with E-state index in [1.54, 1.807) is 13.2 Å². The van der Waals surface area contributed by atoms with E-state index in [9.17, 15) is 14.7 Å². The standard InChI is InChI=1S/C34H29NO5/c1-39-30-20-19-27-23-35(33(36)31(25-15-7-3-8-16-25)26-17-9-4-10-18-26)29(34(37)38)22-28(27)32(30)40-21-11-14-24-12-5-2-6-13-24/h2-10,12-13,15-20,29,31H,21-23H2,1H3,(H,37,38). The molecule has 0 saturated heterocycles. The van der Waals surface area contributed by atoms with Gasteiger partial charge in [0.05, 0.1) is 13.0 Å². The second-order valence-corrected chi connectivity index (χ2v) is 9.47. The number of ether oxygens (including phenoxy) is 2. The molecule has 200 valence electrons. The summed E-state index contributed by atoms with van der Waals surface area (Å²) in [5, 5.41) is 10.3. The predicted octanol–water partition coefficient (Wildman–Crippen LogP) is 5.30. The molecular weight excluding hydrogens is 502 g/mol. The van der Waals surface area contributed by atoms with Crippen LogP contribution in [0.25, 0.3) is 0 Å². The molecule has 0 radical (unpaired) electrons. The molecule has 1 amide bonds. The normalized spacial score (nSPS) is 14.1. The molecule has 1 atom stereocenters. The Morgan fingerprint density at radius 2 is 1.50 bits per heavy atom. The Balaban J connectivity index is 1.47. The van der Waals surface area contributed by atoms with Gasteiger partial charge in [-0.3, -0.25) is 4.79 Å². The van der Waals surface area contributed by atoms with Crippen molar-refractivity contribution in [2.24, 2.45) is 0 Å². The largest absolute Gasteiger partial charge is 0.493 e. The van der Waals surface area contributed by atoms with E-state index in [0.717, 1.165) is 22.3 Å². The smallest absolute Gasteiger partial charge is 0.326 e. The molecule has 4 aromatic carbocycles. The van der Waals surface area contributed by atoms with Gasteiger partial charge in [-0.1, -0.05) is 96.8 Å². The molecule has 1 unspecified atom stereocenters. The molecule has 5 rings (SSSR count). The van der Waals surface area contributed by atoms with Crippen LogP contribution in [-0.4, -0.2) is 41.6 Å². The average molecular weight is 532 g/mol. The predicted molar refractivity (Wildman–Crippen MR) is 152 cm³/mol. The number of hydrogen-bond donors (Lipinski definition) is 1. The first kappa shape index (κ1) is 26.6. The summed E-state index contributed by atoms with van der Waals surface area (Å²) in [5.41, 5.74) is 4.03. The van der Waals surface area contributed by atoms with Crippen molar-refractivity contribution in [1.29, 1.82) is 0 Å². The first-order valence-corrected chi connectivity index (χ1v) is 13.1. The lowest BCUT2D eigenvalue weighted by atomic mass is 9.87. The number of carbonyl (C=O) groups excluding carboxylic acids is 1. The van der Waals surface area contributed by atoms with Gasteiger partial charge in [0.2, 0.25) is 5.91 Å². The van der Waals surface area contributed by atoms with Crippen LogP contribution in [0.5, 0.6) is 11.5 Å². The van der Waals surface area contributed by atoms with Crippen LogP contribution in [0.1, 0.15) is 33.7 Å². The molecule has 6 heteroatoms. The summed E-state index contributed by atoms with van der Waals surface area (Å²) in [4.78, 5) is 28.2. The van der Waals surface area contributed by atoms with Crippen molar-refractivity contribution in [1.82, 2.24) is 4.90 Å². The van der Waals surface area contributed by atoms with Gasteiger partial charge in [-0.15, -0.1) is 0 Å². The number of carboxylic acid groups (broad SMARTS) is 1. The average Bonchev–Trinajstić information content (AvgIpc) is 3.00. The number of fused-ring (bicyclic) bond motifs is 1. The fourth-order valence-corrected chi connectivity index (χ4v) is 5.09. The molecule has 0 aliphatic carbocycles. The lowest BCUT2D eigenvalue weighted by Crippen LogP contribution is -2.50. The number of rotatable bonds is 7. The van der Waals surface area contributed by atoms with Crippen LogP contribution in [0.3, 0.4) is 0 Å². The molecule has 1 aliphatic heterocycles. The van der Waals surface area contributed by atoms with E-state index < -0.39 is 17.9 Å². The number of carbonyl (C=O) groups is 2. The molecular formula is C34H29NO5. The molecule has 1 N–H and O–H groups in total. The maximum Gasteiger partial charge on any atom is 0.326 e. The summed E-state index contributed by atoms with van der Waals surface area (Å²) < 4.78 is 11.6. The Hall–Kier alpha value is -5.02. The lowest BCUT2D eigenvalue weighted by molar-refractivity contribution is -0.151. The molecule has 40 heavy (non-hydrogen) atoms. The Bertz CT molecular complexity index is 1500. The van der Waals surface area contributed by atoms with Gasteiger partial charge < -0.3 is 19.5 Å². The zero-order valence-electron chi connectivity index (χ0n) is 22.1. The van der Waals surface area contributed by atoms with Crippen LogP contribution >= 0.6 is 0 Å². The number of methoxy groups -OCH3 is 1. The van der Waals surface area contributed by atoms with Crippen LogP contribution in [0.15, 0.2) is 103 Å². The molecule has 1 aliphatic rings. The highest BCUT2D eigenvalue weighted by Gasteiger charge is 2.40. The van der Waals surface area contributed by atoms with Gasteiger partial charge in [-0.25, -0.2) is 4.79 Å². The minimum absolute atomic E-state index is 0.0886. The van der Waals surface area contributed by atoms with Crippen molar-refractivity contribution in [2.45, 2.75) is 24.9 Å². The topological polar surface area (TPSA) is 76.1 Å². The molecule has 1 heterocycles. The van der Waals surface area contributed by atoms with Crippen molar-refractivity contribution >= 4 is 11.9 Å². The summed E-state index contributed by atoms with van der Waals surface area (Å²) in [6, 6.07) is 31.1. The van der Waals surface area contributed by atoms with Crippen LogP contribution in [0, 0.1) is 11.8 Å². The Morgan fingerprint density at radius 3 is 2.08 bits per heavy atom. The number of amides is 1. The Kier molecular flexibility index (Phi) is 8.13. The van der Waals surface area contributed by atoms with E-state index in [1.807, 2.05) is 97.1 Å². The van der Waals surface area contributed by atoms with Crippen LogP contribution < -0.4 is 9.47 Å². The molecule has 0 spiro atoms. The van der Waals surface area contributed by atoms with Gasteiger partial charge in [-0.2, -0.15) is 0 Å². The molecule has 6 nitrogen and oxygen atoms in total. The van der Waals surface area contributed by atoms with E-state index in [2.05, 4.69) is 11.8 Å². The van der Waals surface area contributed by atoms with E-state index in [4.69, 9.17) is 9.47 Å². The van der Waals surface area contributed by atoms with Crippen LogP contribution in [0.2, 0.25) is 0 Å². The van der Waals surface area contributed by atoms with Gasteiger partial charge in [-0.05, 0) is 34.9 Å². The number of aliphatic carboxylic acids is 1. The molecule has 0 saturated carbocycles. The van der Waals surface area contributed by atoms with Crippen LogP contribution in [0.4, 0.5) is 0 Å². The molecule has 0 bridgehead atoms. The van der Waals surface area contributed by atoms with Crippen LogP contribution in [-0.2, 0) is 22.6 Å². The molecule has 0 fully saturated rings. The number of carboxylic acids is 1. The fraction of sp³-hybridized carbons (Fsp3) is 0.176. The molecule has 0 aromatic heterocycles. The summed E-state index contributed by atoms with van der Waals surface area (Å²) in [6.45, 7) is 0.240. The van der Waals surface area contributed by atoms with E-state index >= 15 is 0 Å². The quantitative estimate of drug-likeness (QED) is 0.328. The summed E-state index contributed by atoms with van der Waals surface area (Å²) in [6.07, 6.45) is 0.0886. The van der Waals surface area contributed by atoms with Crippen molar-refractivity contribution in [2.75, 3.05) is 13.7 Å². The summed E-state index contributed by atoms with van der Waals surface area (Å²) >= 11 is 0. The minimum Gasteiger partial charge on any atom is -0.493 e. The maximum absolute atomic E-state index is 14.2. The number of nitrogens with zero attached hydrogens (tertiary/aromatic N) is 1. The minimum atomic E-state index is -1.07. The zero-order chi connectivity index (χ0) is 27.9. The second kappa shape index (κ2) is 12.2. The van der Waals surface area contributed by atoms with Gasteiger partial charge in [0.25, 0.3) is 0 Å². The van der Waals surface area contributed by atoms with Gasteiger partial charge in [0, 0.05) is 24.1 Å². The SMILES string of the molecule is COc1ccc2c(c1OCC#Cc1ccccc1)CC(C(=O)O)N(C(=O)C(c1ccccc1)c1ccccc1)C2. The highest BCUT2D eigenvalue weighted by atomic mass is 16.5. The third-order valence-electron chi connectivity index (χ3n) is 7.03. The first-order valence-electron chi connectivity index (χ1n) is 13.1. The maximum atomic E-state index is 14.2. The van der Waals surface area contributed by atoms with Crippen molar-refractivity contribution < 1.29 is 24.2 Å². The van der Waals surface area contributed by atoms with E-state index in [-0.39, 0.29) is 25.5 Å². The van der Waals surface area contributed by atoms with Gasteiger partial charge in [0.1, 0.15) is 12.6 Å². The zero-order valence-corrected chi connectivity index (χ0v) is 22.1. The molecule has 4 aromatic rings. The Labute approximate surface area is 233 Å². The van der Waals surface area contributed by atoms with Gasteiger partial charge >= 0.3 is 5.97 Å². The number of benzene rings is 4. The van der Waals surface area contributed by atoms with Crippen molar-refractivity contribution in [3.05, 3.63) is 131 Å². The highest BCUT2D eigenvalue weighted by Crippen LogP contribution is 2.39. The summed E-state index contributed by atoms with van der Waals surface area (Å²) in [7, 11) is 1.54. The first-order chi connectivity index (χ1) is 19.6. The third-order valence-corrected chi connectivity index (χ3v) is 7.03. The fourth-order valence-electron chi connectivity index (χ4n) is 5.09. The Morgan fingerprint density at radius 1 is 0.900 bits per heavy atom. The lowest BCUT2D eigenvalue weighted by Gasteiger charge is -2.37. The van der Waals surface area contributed by atoms with E-state index in [0.29, 0.717) is 17.1 Å². The van der Waals surface area contributed by atoms with Gasteiger partial charge in [0.15, 0.2) is 11.5 Å². The number of hydrogen-bond acceptors (Lipinski definition) is 4. The third kappa shape index (κ3) is 5.69. The second-order valence-electron chi connectivity index (χ2n) is 9.47. The van der Waals surface area contributed by atoms with Crippen molar-refractivity contribution in [3.8, 4) is 23.3 Å². The van der Waals surface area contributed by atoms with E-state index in [1.165, 1.54) is 4.90 Å². The summed E-state index contributed by atoms with van der Waals surface area (Å²) in [5.74, 6) is 5.07. The monoisotopic (exact) mass is 531 g/mol. The highest BCUT2D eigenvalue weighted by molar-refractivity contribution is 5.91.